The van der Waals surface area contributed by atoms with E-state index in [1.54, 1.807) is 39.2 Å². The SMILES string of the molecule is C[C@H](OC(=O)[C@H]1C[C@@H]1c1ccccc1F)C(=O)N(C)C. The molecule has 0 bridgehead atoms. The Hall–Kier alpha value is -1.91. The predicted molar refractivity (Wildman–Crippen MR) is 71.5 cm³/mol. The van der Waals surface area contributed by atoms with Gasteiger partial charge in [-0.25, -0.2) is 4.39 Å². The molecule has 4 nitrogen and oxygen atoms in total. The number of ether oxygens (including phenoxy) is 1. The summed E-state index contributed by atoms with van der Waals surface area (Å²) < 4.78 is 18.7. The van der Waals surface area contributed by atoms with Gasteiger partial charge in [-0.1, -0.05) is 18.2 Å². The van der Waals surface area contributed by atoms with Crippen LogP contribution in [0.2, 0.25) is 0 Å². The molecule has 1 aromatic carbocycles. The van der Waals surface area contributed by atoms with Crippen molar-refractivity contribution >= 4 is 11.9 Å². The molecule has 108 valence electrons. The quantitative estimate of drug-likeness (QED) is 0.791. The molecule has 0 saturated heterocycles. The van der Waals surface area contributed by atoms with Gasteiger partial charge in [0.2, 0.25) is 0 Å². The fourth-order valence-corrected chi connectivity index (χ4v) is 2.25. The molecule has 5 heteroatoms. The number of carbonyl (C=O) groups excluding carboxylic acids is 2. The van der Waals surface area contributed by atoms with Gasteiger partial charge in [0.25, 0.3) is 5.91 Å². The van der Waals surface area contributed by atoms with Crippen LogP contribution in [-0.2, 0) is 14.3 Å². The van der Waals surface area contributed by atoms with Gasteiger partial charge < -0.3 is 9.64 Å². The van der Waals surface area contributed by atoms with Gasteiger partial charge >= 0.3 is 5.97 Å². The van der Waals surface area contributed by atoms with Crippen LogP contribution < -0.4 is 0 Å². The Morgan fingerprint density at radius 3 is 2.60 bits per heavy atom. The second-order valence-corrected chi connectivity index (χ2v) is 5.28. The zero-order chi connectivity index (χ0) is 14.9. The molecular weight excluding hydrogens is 261 g/mol. The number of hydrogen-bond acceptors (Lipinski definition) is 3. The number of carbonyl (C=O) groups is 2. The summed E-state index contributed by atoms with van der Waals surface area (Å²) in [4.78, 5) is 24.9. The minimum Gasteiger partial charge on any atom is -0.452 e. The minimum atomic E-state index is -0.806. The first-order chi connectivity index (χ1) is 9.41. The summed E-state index contributed by atoms with van der Waals surface area (Å²) in [6, 6.07) is 6.43. The van der Waals surface area contributed by atoms with Crippen molar-refractivity contribution in [2.24, 2.45) is 5.92 Å². The normalized spacial score (nSPS) is 22.0. The molecule has 0 aromatic heterocycles. The Kier molecular flexibility index (Phi) is 4.06. The maximum absolute atomic E-state index is 13.6. The van der Waals surface area contributed by atoms with E-state index in [-0.39, 0.29) is 23.6 Å². The first kappa shape index (κ1) is 14.5. The smallest absolute Gasteiger partial charge is 0.310 e. The van der Waals surface area contributed by atoms with Crippen molar-refractivity contribution in [1.82, 2.24) is 4.90 Å². The summed E-state index contributed by atoms with van der Waals surface area (Å²) in [5.74, 6) is -1.47. The topological polar surface area (TPSA) is 46.6 Å². The Morgan fingerprint density at radius 2 is 2.00 bits per heavy atom. The number of halogens is 1. The van der Waals surface area contributed by atoms with Crippen LogP contribution in [-0.4, -0.2) is 37.0 Å². The van der Waals surface area contributed by atoms with E-state index < -0.39 is 12.1 Å². The van der Waals surface area contributed by atoms with Gasteiger partial charge in [0.05, 0.1) is 5.92 Å². The predicted octanol–water partition coefficient (Wildman–Crippen LogP) is 1.95. The molecule has 0 aliphatic heterocycles. The molecule has 2 rings (SSSR count). The van der Waals surface area contributed by atoms with Crippen molar-refractivity contribution in [3.05, 3.63) is 35.6 Å². The Morgan fingerprint density at radius 1 is 1.35 bits per heavy atom. The Balaban J connectivity index is 1.94. The highest BCUT2D eigenvalue weighted by Crippen LogP contribution is 2.49. The summed E-state index contributed by atoms with van der Waals surface area (Å²) >= 11 is 0. The standard InChI is InChI=1S/C15H18FNO3/c1-9(14(18)17(2)3)20-15(19)12-8-11(12)10-6-4-5-7-13(10)16/h4-7,9,11-12H,8H2,1-3H3/t9-,11+,12-/m0/s1. The van der Waals surface area contributed by atoms with E-state index in [2.05, 4.69) is 0 Å². The van der Waals surface area contributed by atoms with Crippen LogP contribution in [0.1, 0.15) is 24.8 Å². The molecule has 3 atom stereocenters. The van der Waals surface area contributed by atoms with Gasteiger partial charge in [0.1, 0.15) is 5.82 Å². The van der Waals surface area contributed by atoms with Gasteiger partial charge in [0, 0.05) is 20.0 Å². The monoisotopic (exact) mass is 279 g/mol. The lowest BCUT2D eigenvalue weighted by Crippen LogP contribution is -2.35. The first-order valence-corrected chi connectivity index (χ1v) is 6.58. The molecular formula is C15H18FNO3. The van der Waals surface area contributed by atoms with Crippen LogP contribution in [0, 0.1) is 11.7 Å². The van der Waals surface area contributed by atoms with Crippen molar-refractivity contribution in [1.29, 1.82) is 0 Å². The lowest BCUT2D eigenvalue weighted by Gasteiger charge is -2.17. The highest BCUT2D eigenvalue weighted by Gasteiger charge is 2.47. The Labute approximate surface area is 117 Å². The number of esters is 1. The van der Waals surface area contributed by atoms with Crippen molar-refractivity contribution in [3.63, 3.8) is 0 Å². The van der Waals surface area contributed by atoms with Crippen molar-refractivity contribution in [2.75, 3.05) is 14.1 Å². The lowest BCUT2D eigenvalue weighted by molar-refractivity contribution is -0.159. The molecule has 1 aliphatic carbocycles. The molecule has 1 aliphatic rings. The summed E-state index contributed by atoms with van der Waals surface area (Å²) in [6.45, 7) is 1.54. The lowest BCUT2D eigenvalue weighted by atomic mass is 10.1. The zero-order valence-corrected chi connectivity index (χ0v) is 11.8. The van der Waals surface area contributed by atoms with Gasteiger partial charge in [0.15, 0.2) is 6.10 Å². The van der Waals surface area contributed by atoms with Crippen LogP contribution in [0.25, 0.3) is 0 Å². The van der Waals surface area contributed by atoms with Crippen LogP contribution in [0.15, 0.2) is 24.3 Å². The van der Waals surface area contributed by atoms with Gasteiger partial charge in [-0.2, -0.15) is 0 Å². The second-order valence-electron chi connectivity index (χ2n) is 5.28. The molecule has 0 spiro atoms. The van der Waals surface area contributed by atoms with E-state index in [1.807, 2.05) is 0 Å². The molecule has 1 aromatic rings. The molecule has 20 heavy (non-hydrogen) atoms. The molecule has 1 fully saturated rings. The van der Waals surface area contributed by atoms with Gasteiger partial charge in [-0.15, -0.1) is 0 Å². The van der Waals surface area contributed by atoms with Crippen molar-refractivity contribution in [3.8, 4) is 0 Å². The molecule has 1 amide bonds. The maximum atomic E-state index is 13.6. The zero-order valence-electron chi connectivity index (χ0n) is 11.8. The second kappa shape index (κ2) is 5.61. The average Bonchev–Trinajstić information content (AvgIpc) is 3.18. The number of rotatable bonds is 4. The summed E-state index contributed by atoms with van der Waals surface area (Å²) in [7, 11) is 3.21. The molecule has 1 saturated carbocycles. The first-order valence-electron chi connectivity index (χ1n) is 6.58. The van der Waals surface area contributed by atoms with E-state index >= 15 is 0 Å². The third-order valence-electron chi connectivity index (χ3n) is 3.48. The number of hydrogen-bond donors (Lipinski definition) is 0. The number of nitrogens with zero attached hydrogens (tertiary/aromatic N) is 1. The van der Waals surface area contributed by atoms with Crippen molar-refractivity contribution in [2.45, 2.75) is 25.4 Å². The van der Waals surface area contributed by atoms with Crippen molar-refractivity contribution < 1.29 is 18.7 Å². The molecule has 0 N–H and O–H groups in total. The Bertz CT molecular complexity index is 530. The van der Waals surface area contributed by atoms with E-state index in [0.29, 0.717) is 12.0 Å². The third-order valence-corrected chi connectivity index (χ3v) is 3.48. The number of amides is 1. The van der Waals surface area contributed by atoms with Crippen LogP contribution >= 0.6 is 0 Å². The number of likely N-dealkylation sites (N-methyl/N-ethyl adjacent to an activating group) is 1. The summed E-state index contributed by atoms with van der Waals surface area (Å²) in [5.41, 5.74) is 0.543. The third kappa shape index (κ3) is 2.98. The highest BCUT2D eigenvalue weighted by molar-refractivity contribution is 5.85. The molecule has 0 radical (unpaired) electrons. The van der Waals surface area contributed by atoms with Crippen LogP contribution in [0.4, 0.5) is 4.39 Å². The highest BCUT2D eigenvalue weighted by atomic mass is 19.1. The molecule has 0 heterocycles. The van der Waals surface area contributed by atoms with Crippen LogP contribution in [0.5, 0.6) is 0 Å². The van der Waals surface area contributed by atoms with Gasteiger partial charge in [-0.05, 0) is 25.0 Å². The van der Waals surface area contributed by atoms with E-state index in [1.165, 1.54) is 11.0 Å². The minimum absolute atomic E-state index is 0.134. The van der Waals surface area contributed by atoms with Gasteiger partial charge in [-0.3, -0.25) is 9.59 Å². The van der Waals surface area contributed by atoms with E-state index in [0.717, 1.165) is 0 Å². The maximum Gasteiger partial charge on any atom is 0.310 e. The van der Waals surface area contributed by atoms with E-state index in [4.69, 9.17) is 4.74 Å². The average molecular weight is 279 g/mol. The van der Waals surface area contributed by atoms with E-state index in [9.17, 15) is 14.0 Å². The summed E-state index contributed by atoms with van der Waals surface area (Å²) in [5, 5.41) is 0. The number of benzene rings is 1. The summed E-state index contributed by atoms with van der Waals surface area (Å²) in [6.07, 6.45) is -0.234. The fourth-order valence-electron chi connectivity index (χ4n) is 2.25. The molecule has 0 unspecified atom stereocenters. The fraction of sp³-hybridized carbons (Fsp3) is 0.467. The largest absolute Gasteiger partial charge is 0.452 e. The van der Waals surface area contributed by atoms with Crippen LogP contribution in [0.3, 0.4) is 0 Å².